The number of carbonyl (C=O) groups excluding carboxylic acids is 1. The third-order valence-corrected chi connectivity index (χ3v) is 7.51. The second-order valence-corrected chi connectivity index (χ2v) is 10.1. The molecule has 12 heteroatoms. The maximum Gasteiger partial charge on any atom is 0.311 e. The van der Waals surface area contributed by atoms with Crippen LogP contribution in [0.2, 0.25) is 5.02 Å². The summed E-state index contributed by atoms with van der Waals surface area (Å²) in [5.41, 5.74) is 9.94. The van der Waals surface area contributed by atoms with Gasteiger partial charge in [-0.3, -0.25) is 10.2 Å². The molecule has 0 aliphatic heterocycles. The number of nitrogens with zero attached hydrogens (tertiary/aromatic N) is 4. The highest BCUT2D eigenvalue weighted by Crippen LogP contribution is 2.37. The standard InChI is InChI=1S/C24H28ClF2N7O2/c25-17-8-9-18(21(27)20(17)26)30-24-31-23-19(34(24)15-6-4-13(5-7-15)22(28)36)11-33(12-29-23)32-14-2-1-3-16(35)10-14/h8-9,11-16,32,35H,1-7,10H2,(H2,28,36)/p+1/t13?,14-,15?,16+/m1/s1. The summed E-state index contributed by atoms with van der Waals surface area (Å²) in [5, 5.41) is 12.6. The molecule has 0 bridgehead atoms. The van der Waals surface area contributed by atoms with Gasteiger partial charge in [-0.05, 0) is 68.5 Å². The Kier molecular flexibility index (Phi) is 6.94. The van der Waals surface area contributed by atoms with E-state index < -0.39 is 11.6 Å². The van der Waals surface area contributed by atoms with Gasteiger partial charge >= 0.3 is 6.33 Å². The molecule has 1 aromatic carbocycles. The van der Waals surface area contributed by atoms with Gasteiger partial charge in [0.1, 0.15) is 6.20 Å². The van der Waals surface area contributed by atoms with Crippen molar-refractivity contribution in [2.24, 2.45) is 11.7 Å². The quantitative estimate of drug-likeness (QED) is 0.292. The SMILES string of the molecule is NC(=O)C1CCC(n2c(Nc3ccc(Cl)c(F)c3F)nc3nc[n+](N[C@@H]4CCC[C@H](O)C4)cc32)CC1. The molecule has 2 aliphatic rings. The maximum absolute atomic E-state index is 14.6. The summed E-state index contributed by atoms with van der Waals surface area (Å²) in [7, 11) is 0. The Labute approximate surface area is 211 Å². The van der Waals surface area contributed by atoms with E-state index in [0.29, 0.717) is 49.2 Å². The molecule has 192 valence electrons. The number of nitrogens with one attached hydrogen (secondary N) is 2. The Balaban J connectivity index is 1.51. The molecule has 0 spiro atoms. The number of amides is 1. The van der Waals surface area contributed by atoms with Crippen LogP contribution in [0.1, 0.15) is 57.4 Å². The highest BCUT2D eigenvalue weighted by molar-refractivity contribution is 6.30. The van der Waals surface area contributed by atoms with Crippen molar-refractivity contribution in [3.05, 3.63) is 41.3 Å². The zero-order chi connectivity index (χ0) is 25.4. The molecule has 2 heterocycles. The fourth-order valence-corrected chi connectivity index (χ4v) is 5.46. The predicted octanol–water partition coefficient (Wildman–Crippen LogP) is 3.46. The number of benzene rings is 1. The minimum atomic E-state index is -1.14. The van der Waals surface area contributed by atoms with Crippen LogP contribution >= 0.6 is 11.6 Å². The van der Waals surface area contributed by atoms with Gasteiger partial charge in [0.05, 0.1) is 22.9 Å². The van der Waals surface area contributed by atoms with Crippen LogP contribution in [-0.4, -0.2) is 37.7 Å². The summed E-state index contributed by atoms with van der Waals surface area (Å²) in [5.74, 6) is -2.41. The van der Waals surface area contributed by atoms with Crippen molar-refractivity contribution in [1.82, 2.24) is 14.5 Å². The molecular formula is C24H29ClF2N7O2+. The Morgan fingerprint density at radius 1 is 1.17 bits per heavy atom. The Morgan fingerprint density at radius 2 is 1.94 bits per heavy atom. The molecule has 0 saturated heterocycles. The van der Waals surface area contributed by atoms with Crippen molar-refractivity contribution < 1.29 is 23.4 Å². The van der Waals surface area contributed by atoms with Crippen molar-refractivity contribution in [2.45, 2.75) is 69.6 Å². The van der Waals surface area contributed by atoms with Crippen LogP contribution in [0.5, 0.6) is 0 Å². The largest absolute Gasteiger partial charge is 0.393 e. The van der Waals surface area contributed by atoms with Gasteiger partial charge in [0.15, 0.2) is 17.2 Å². The highest BCUT2D eigenvalue weighted by Gasteiger charge is 2.31. The van der Waals surface area contributed by atoms with E-state index in [-0.39, 0.29) is 40.7 Å². The molecule has 0 radical (unpaired) electrons. The molecule has 36 heavy (non-hydrogen) atoms. The summed E-state index contributed by atoms with van der Waals surface area (Å²) in [6.07, 6.45) is 9.06. The number of fused-ring (bicyclic) bond motifs is 1. The van der Waals surface area contributed by atoms with E-state index in [0.717, 1.165) is 19.3 Å². The molecule has 9 nitrogen and oxygen atoms in total. The van der Waals surface area contributed by atoms with Crippen LogP contribution in [0.25, 0.3) is 11.2 Å². The van der Waals surface area contributed by atoms with Crippen molar-refractivity contribution in [3.63, 3.8) is 0 Å². The molecule has 2 saturated carbocycles. The molecule has 2 aromatic heterocycles. The zero-order valence-corrected chi connectivity index (χ0v) is 20.4. The highest BCUT2D eigenvalue weighted by atomic mass is 35.5. The first-order valence-electron chi connectivity index (χ1n) is 12.2. The molecular weight excluding hydrogens is 492 g/mol. The lowest BCUT2D eigenvalue weighted by Gasteiger charge is -2.29. The van der Waals surface area contributed by atoms with Gasteiger partial charge in [0.25, 0.3) is 5.65 Å². The summed E-state index contributed by atoms with van der Waals surface area (Å²) in [4.78, 5) is 20.7. The topological polar surface area (TPSA) is 122 Å². The monoisotopic (exact) mass is 520 g/mol. The van der Waals surface area contributed by atoms with Crippen molar-refractivity contribution in [3.8, 4) is 0 Å². The summed E-state index contributed by atoms with van der Waals surface area (Å²) < 4.78 is 32.4. The average molecular weight is 521 g/mol. The lowest BCUT2D eigenvalue weighted by atomic mass is 9.85. The molecule has 3 aromatic rings. The van der Waals surface area contributed by atoms with Gasteiger partial charge in [-0.2, -0.15) is 4.98 Å². The third kappa shape index (κ3) is 4.94. The van der Waals surface area contributed by atoms with Gasteiger partial charge in [-0.25, -0.2) is 8.78 Å². The van der Waals surface area contributed by atoms with Crippen LogP contribution in [-0.2, 0) is 4.79 Å². The van der Waals surface area contributed by atoms with Gasteiger partial charge in [0.2, 0.25) is 11.9 Å². The number of carbonyl (C=O) groups is 1. The van der Waals surface area contributed by atoms with Gasteiger partial charge < -0.3 is 20.7 Å². The molecule has 2 atom stereocenters. The first-order chi connectivity index (χ1) is 17.3. The lowest BCUT2D eigenvalue weighted by molar-refractivity contribution is -0.655. The second-order valence-electron chi connectivity index (χ2n) is 9.70. The molecule has 2 aliphatic carbocycles. The number of nitrogens with two attached hydrogens (primary N) is 1. The Bertz CT molecular complexity index is 1280. The minimum Gasteiger partial charge on any atom is -0.393 e. The molecule has 5 rings (SSSR count). The summed E-state index contributed by atoms with van der Waals surface area (Å²) >= 11 is 5.72. The first kappa shape index (κ1) is 24.6. The number of aliphatic hydroxyl groups is 1. The molecule has 5 N–H and O–H groups in total. The van der Waals surface area contributed by atoms with E-state index in [1.54, 1.807) is 11.0 Å². The Hall–Kier alpha value is -3.05. The van der Waals surface area contributed by atoms with Gasteiger partial charge in [0, 0.05) is 12.0 Å². The van der Waals surface area contributed by atoms with Crippen LogP contribution < -0.4 is 21.2 Å². The fraction of sp³-hybridized carbons (Fsp3) is 0.500. The smallest absolute Gasteiger partial charge is 0.311 e. The number of halogens is 3. The van der Waals surface area contributed by atoms with Crippen LogP contribution in [0.15, 0.2) is 24.7 Å². The fourth-order valence-electron chi connectivity index (χ4n) is 5.31. The number of imidazole rings is 1. The number of aromatic nitrogens is 4. The third-order valence-electron chi connectivity index (χ3n) is 7.22. The van der Waals surface area contributed by atoms with E-state index in [1.165, 1.54) is 12.1 Å². The lowest BCUT2D eigenvalue weighted by Crippen LogP contribution is -2.52. The number of hydrogen-bond acceptors (Lipinski definition) is 6. The number of primary amides is 1. The Morgan fingerprint density at radius 3 is 2.67 bits per heavy atom. The van der Waals surface area contributed by atoms with Crippen molar-refractivity contribution >= 4 is 40.3 Å². The van der Waals surface area contributed by atoms with Crippen molar-refractivity contribution in [1.29, 1.82) is 0 Å². The number of aliphatic hydroxyl groups excluding tert-OH is 1. The van der Waals surface area contributed by atoms with Gasteiger partial charge in [-0.15, -0.1) is 4.68 Å². The van der Waals surface area contributed by atoms with Crippen molar-refractivity contribution in [2.75, 3.05) is 10.7 Å². The normalized spacial score (nSPS) is 24.6. The van der Waals surface area contributed by atoms with Crippen LogP contribution in [0.4, 0.5) is 20.4 Å². The second kappa shape index (κ2) is 10.1. The van der Waals surface area contributed by atoms with Gasteiger partial charge in [-0.1, -0.05) is 11.6 Å². The van der Waals surface area contributed by atoms with E-state index in [9.17, 15) is 18.7 Å². The molecule has 1 amide bonds. The van der Waals surface area contributed by atoms with Crippen LogP contribution in [0, 0.1) is 17.6 Å². The zero-order valence-electron chi connectivity index (χ0n) is 19.6. The summed E-state index contributed by atoms with van der Waals surface area (Å²) in [6.45, 7) is 0. The minimum absolute atomic E-state index is 0.0533. The maximum atomic E-state index is 14.6. The first-order valence-corrected chi connectivity index (χ1v) is 12.6. The van der Waals surface area contributed by atoms with E-state index in [2.05, 4.69) is 20.7 Å². The molecule has 0 unspecified atom stereocenters. The van der Waals surface area contributed by atoms with E-state index in [1.807, 2.05) is 10.8 Å². The van der Waals surface area contributed by atoms with Crippen LogP contribution in [0.3, 0.4) is 0 Å². The number of anilines is 2. The predicted molar refractivity (Wildman–Crippen MR) is 130 cm³/mol. The summed E-state index contributed by atoms with van der Waals surface area (Å²) in [6, 6.07) is 2.69. The number of hydrogen-bond donors (Lipinski definition) is 4. The van der Waals surface area contributed by atoms with E-state index in [4.69, 9.17) is 17.3 Å². The number of rotatable bonds is 6. The average Bonchev–Trinajstić information content (AvgIpc) is 3.21. The molecule has 2 fully saturated rings. The van der Waals surface area contributed by atoms with E-state index >= 15 is 0 Å².